The molecule has 1 rings (SSSR count). The number of rotatable bonds is 2. The smallest absolute Gasteiger partial charge is 0.0417 e. The molecule has 0 aliphatic heterocycles. The Morgan fingerprint density at radius 3 is 2.92 bits per heavy atom. The van der Waals surface area contributed by atoms with Gasteiger partial charge in [0.1, 0.15) is 0 Å². The van der Waals surface area contributed by atoms with Gasteiger partial charge in [0, 0.05) is 16.9 Å². The molecule has 0 heterocycles. The maximum atomic E-state index is 5.90. The van der Waals surface area contributed by atoms with E-state index in [1.54, 1.807) is 0 Å². The molecule has 1 nitrogen and oxygen atoms in total. The molecule has 0 aromatic heterocycles. The van der Waals surface area contributed by atoms with E-state index in [2.05, 4.69) is 21.9 Å². The van der Waals surface area contributed by atoms with Crippen LogP contribution in [0.5, 0.6) is 0 Å². The fourth-order valence-electron chi connectivity index (χ4n) is 1.19. The zero-order chi connectivity index (χ0) is 9.84. The highest BCUT2D eigenvalue weighted by Crippen LogP contribution is 2.26. The van der Waals surface area contributed by atoms with Crippen molar-refractivity contribution in [1.82, 2.24) is 0 Å². The largest absolute Gasteiger partial charge is 0.323 e. The Morgan fingerprint density at radius 1 is 1.62 bits per heavy atom. The monoisotopic (exact) mass is 237 g/mol. The van der Waals surface area contributed by atoms with Crippen LogP contribution in [-0.2, 0) is 0 Å². The van der Waals surface area contributed by atoms with E-state index in [-0.39, 0.29) is 6.04 Å². The van der Waals surface area contributed by atoms with E-state index in [1.807, 2.05) is 25.1 Å². The third kappa shape index (κ3) is 2.33. The molecule has 1 aromatic carbocycles. The fourth-order valence-corrected chi connectivity index (χ4v) is 1.75. The molecule has 0 saturated heterocycles. The minimum absolute atomic E-state index is 0.0701. The molecule has 1 atom stereocenters. The Bertz CT molecular complexity index is 338. The average molecular weight is 238 g/mol. The van der Waals surface area contributed by atoms with E-state index >= 15 is 0 Å². The second kappa shape index (κ2) is 4.45. The summed E-state index contributed by atoms with van der Waals surface area (Å²) in [4.78, 5) is 0. The van der Waals surface area contributed by atoms with Gasteiger partial charge >= 0.3 is 0 Å². The molecule has 0 amide bonds. The lowest BCUT2D eigenvalue weighted by Crippen LogP contribution is -2.10. The van der Waals surface area contributed by atoms with E-state index < -0.39 is 0 Å². The molecule has 2 N–H and O–H groups in total. The first-order valence-electron chi connectivity index (χ1n) is 4.11. The van der Waals surface area contributed by atoms with Gasteiger partial charge < -0.3 is 5.73 Å². The van der Waals surface area contributed by atoms with Crippen molar-refractivity contribution < 1.29 is 0 Å². The number of benzene rings is 1. The minimum atomic E-state index is -0.0701. The number of aryl methyl sites for hydroxylation is 1. The van der Waals surface area contributed by atoms with Crippen LogP contribution in [0.4, 0.5) is 0 Å². The van der Waals surface area contributed by atoms with Crippen LogP contribution < -0.4 is 5.73 Å². The molecule has 68 valence electrons. The van der Waals surface area contributed by atoms with Crippen molar-refractivity contribution in [3.63, 3.8) is 0 Å². The summed E-state index contributed by atoms with van der Waals surface area (Å²) in [7, 11) is 0. The van der Waals surface area contributed by atoms with E-state index in [9.17, 15) is 0 Å². The summed E-state index contributed by atoms with van der Waals surface area (Å²) in [6.45, 7) is 2.04. The van der Waals surface area contributed by atoms with Crippen LogP contribution >= 0.6 is 15.9 Å². The van der Waals surface area contributed by atoms with Gasteiger partial charge in [-0.05, 0) is 18.1 Å². The predicted octanol–water partition coefficient (Wildman–Crippen LogP) is 2.78. The van der Waals surface area contributed by atoms with Gasteiger partial charge in [-0.25, -0.2) is 0 Å². The van der Waals surface area contributed by atoms with E-state index in [0.29, 0.717) is 6.42 Å². The standard InChI is InChI=1S/C11H12BrN/c1-3-5-10(13)9-7-4-6-8(2)11(9)12/h1,4,6-7,10H,5,13H2,2H3. The summed E-state index contributed by atoms with van der Waals surface area (Å²) in [6.07, 6.45) is 5.78. The molecule has 0 bridgehead atoms. The maximum Gasteiger partial charge on any atom is 0.0417 e. The third-order valence-electron chi connectivity index (χ3n) is 1.96. The van der Waals surface area contributed by atoms with Crippen molar-refractivity contribution >= 4 is 15.9 Å². The van der Waals surface area contributed by atoms with Crippen LogP contribution in [0.1, 0.15) is 23.6 Å². The SMILES string of the molecule is C#CCC(N)c1cccc(C)c1Br. The van der Waals surface area contributed by atoms with E-state index in [0.717, 1.165) is 10.0 Å². The molecule has 0 radical (unpaired) electrons. The Kier molecular flexibility index (Phi) is 3.53. The Hall–Kier alpha value is -0.780. The van der Waals surface area contributed by atoms with Crippen LogP contribution in [-0.4, -0.2) is 0 Å². The van der Waals surface area contributed by atoms with Crippen molar-refractivity contribution in [3.05, 3.63) is 33.8 Å². The van der Waals surface area contributed by atoms with Gasteiger partial charge in [0.15, 0.2) is 0 Å². The van der Waals surface area contributed by atoms with Crippen LogP contribution in [0.25, 0.3) is 0 Å². The van der Waals surface area contributed by atoms with Crippen molar-refractivity contribution in [2.24, 2.45) is 5.73 Å². The number of terminal acetylenes is 1. The van der Waals surface area contributed by atoms with Crippen LogP contribution in [0.15, 0.2) is 22.7 Å². The highest BCUT2D eigenvalue weighted by Gasteiger charge is 2.09. The van der Waals surface area contributed by atoms with Crippen molar-refractivity contribution in [1.29, 1.82) is 0 Å². The van der Waals surface area contributed by atoms with Gasteiger partial charge in [0.25, 0.3) is 0 Å². The molecule has 0 spiro atoms. The van der Waals surface area contributed by atoms with Crippen LogP contribution in [0.2, 0.25) is 0 Å². The molecule has 0 aliphatic rings. The Balaban J connectivity index is 3.02. The lowest BCUT2D eigenvalue weighted by molar-refractivity contribution is 0.749. The second-order valence-corrected chi connectivity index (χ2v) is 3.79. The van der Waals surface area contributed by atoms with Crippen LogP contribution in [0, 0.1) is 19.3 Å². The zero-order valence-electron chi connectivity index (χ0n) is 7.55. The highest BCUT2D eigenvalue weighted by atomic mass is 79.9. The molecule has 0 fully saturated rings. The average Bonchev–Trinajstić information content (AvgIpc) is 2.10. The summed E-state index contributed by atoms with van der Waals surface area (Å²) >= 11 is 3.50. The Morgan fingerprint density at radius 2 is 2.31 bits per heavy atom. The number of hydrogen-bond acceptors (Lipinski definition) is 1. The molecular weight excluding hydrogens is 226 g/mol. The normalized spacial score (nSPS) is 12.2. The zero-order valence-corrected chi connectivity index (χ0v) is 9.14. The Labute approximate surface area is 87.5 Å². The summed E-state index contributed by atoms with van der Waals surface area (Å²) in [5.41, 5.74) is 8.17. The van der Waals surface area contributed by atoms with Gasteiger partial charge in [-0.3, -0.25) is 0 Å². The molecular formula is C11H12BrN. The minimum Gasteiger partial charge on any atom is -0.323 e. The molecule has 1 unspecified atom stereocenters. The van der Waals surface area contributed by atoms with Gasteiger partial charge in [-0.2, -0.15) is 0 Å². The topological polar surface area (TPSA) is 26.0 Å². The lowest BCUT2D eigenvalue weighted by atomic mass is 10.0. The molecule has 2 heteroatoms. The molecule has 13 heavy (non-hydrogen) atoms. The second-order valence-electron chi connectivity index (χ2n) is 2.99. The van der Waals surface area contributed by atoms with Crippen LogP contribution in [0.3, 0.4) is 0 Å². The van der Waals surface area contributed by atoms with Gasteiger partial charge in [-0.15, -0.1) is 12.3 Å². The summed E-state index contributed by atoms with van der Waals surface area (Å²) in [5.74, 6) is 2.57. The van der Waals surface area contributed by atoms with Gasteiger partial charge in [-0.1, -0.05) is 34.1 Å². The predicted molar refractivity (Wildman–Crippen MR) is 59.3 cm³/mol. The van der Waals surface area contributed by atoms with E-state index in [1.165, 1.54) is 5.56 Å². The quantitative estimate of drug-likeness (QED) is 0.787. The number of halogens is 1. The first kappa shape index (κ1) is 10.3. The first-order chi connectivity index (χ1) is 6.16. The van der Waals surface area contributed by atoms with Gasteiger partial charge in [0.05, 0.1) is 0 Å². The summed E-state index contributed by atoms with van der Waals surface area (Å²) < 4.78 is 1.07. The van der Waals surface area contributed by atoms with Crippen molar-refractivity contribution in [2.75, 3.05) is 0 Å². The molecule has 0 aliphatic carbocycles. The van der Waals surface area contributed by atoms with E-state index in [4.69, 9.17) is 12.2 Å². The highest BCUT2D eigenvalue weighted by molar-refractivity contribution is 9.10. The molecule has 1 aromatic rings. The third-order valence-corrected chi connectivity index (χ3v) is 3.04. The number of nitrogens with two attached hydrogens (primary N) is 1. The summed E-state index contributed by atoms with van der Waals surface area (Å²) in [6, 6.07) is 5.96. The first-order valence-corrected chi connectivity index (χ1v) is 4.90. The lowest BCUT2D eigenvalue weighted by Gasteiger charge is -2.12. The number of hydrogen-bond donors (Lipinski definition) is 1. The van der Waals surface area contributed by atoms with Gasteiger partial charge in [0.2, 0.25) is 0 Å². The van der Waals surface area contributed by atoms with Crippen molar-refractivity contribution in [3.8, 4) is 12.3 Å². The molecule has 0 saturated carbocycles. The summed E-state index contributed by atoms with van der Waals surface area (Å²) in [5, 5.41) is 0. The fraction of sp³-hybridized carbons (Fsp3) is 0.273. The van der Waals surface area contributed by atoms with Crippen molar-refractivity contribution in [2.45, 2.75) is 19.4 Å². The maximum absolute atomic E-state index is 5.90.